The second kappa shape index (κ2) is 5.15. The monoisotopic (exact) mass is 287 g/mol. The van der Waals surface area contributed by atoms with Crippen molar-refractivity contribution in [1.82, 2.24) is 0 Å². The summed E-state index contributed by atoms with van der Waals surface area (Å²) in [6, 6.07) is 5.17. The third-order valence-electron chi connectivity index (χ3n) is 1.83. The van der Waals surface area contributed by atoms with Crippen molar-refractivity contribution in [3.63, 3.8) is 0 Å². The first-order valence-corrected chi connectivity index (χ1v) is 5.20. The molecular weight excluding hydrogens is 281 g/mol. The molecule has 0 atom stereocenters. The number of hydrogen-bond donors (Lipinski definition) is 0. The van der Waals surface area contributed by atoms with Crippen LogP contribution in [0.5, 0.6) is 0 Å². The molecule has 0 saturated carbocycles. The minimum atomic E-state index is -0.398. The summed E-state index contributed by atoms with van der Waals surface area (Å²) < 4.78 is 5.15. The third kappa shape index (κ3) is 2.95. The Hall–Kier alpha value is -1.05. The van der Waals surface area contributed by atoms with Gasteiger partial charge >= 0.3 is 5.97 Å². The molecule has 0 aliphatic heterocycles. The van der Waals surface area contributed by atoms with E-state index in [2.05, 4.69) is 20.7 Å². The van der Waals surface area contributed by atoms with E-state index in [1.807, 2.05) is 6.07 Å². The Kier molecular flexibility index (Phi) is 4.13. The summed E-state index contributed by atoms with van der Waals surface area (Å²) in [5.41, 5.74) is 0.981. The number of hydrogen-bond acceptors (Lipinski definition) is 3. The molecule has 0 N–H and O–H groups in total. The highest BCUT2D eigenvalue weighted by molar-refractivity contribution is 9.10. The lowest BCUT2D eigenvalue weighted by atomic mass is 10.1. The summed E-state index contributed by atoms with van der Waals surface area (Å²) in [6.45, 7) is 0. The predicted molar refractivity (Wildman–Crippen MR) is 59.6 cm³/mol. The number of nitriles is 1. The fourth-order valence-electron chi connectivity index (χ4n) is 1.07. The molecule has 0 fully saturated rings. The SMILES string of the molecule is COC(=O)Cc1cc(Cl)c(Br)cc1C#N. The Morgan fingerprint density at radius 1 is 1.67 bits per heavy atom. The Bertz CT molecular complexity index is 440. The molecule has 0 aliphatic carbocycles. The van der Waals surface area contributed by atoms with Crippen LogP contribution in [0.25, 0.3) is 0 Å². The molecule has 0 aliphatic rings. The zero-order chi connectivity index (χ0) is 11.4. The Morgan fingerprint density at radius 3 is 2.87 bits per heavy atom. The van der Waals surface area contributed by atoms with E-state index in [0.717, 1.165) is 0 Å². The maximum absolute atomic E-state index is 11.1. The Balaban J connectivity index is 3.12. The van der Waals surface area contributed by atoms with Crippen molar-refractivity contribution < 1.29 is 9.53 Å². The highest BCUT2D eigenvalue weighted by atomic mass is 79.9. The molecule has 1 aromatic carbocycles. The van der Waals surface area contributed by atoms with Crippen LogP contribution in [0.2, 0.25) is 5.02 Å². The van der Waals surface area contributed by atoms with E-state index in [-0.39, 0.29) is 6.42 Å². The Morgan fingerprint density at radius 2 is 2.33 bits per heavy atom. The van der Waals surface area contributed by atoms with E-state index in [9.17, 15) is 4.79 Å². The van der Waals surface area contributed by atoms with Crippen molar-refractivity contribution in [2.45, 2.75) is 6.42 Å². The van der Waals surface area contributed by atoms with Gasteiger partial charge in [-0.1, -0.05) is 11.6 Å². The number of halogens is 2. The predicted octanol–water partition coefficient (Wildman–Crippen LogP) is 2.69. The highest BCUT2D eigenvalue weighted by Gasteiger charge is 2.11. The van der Waals surface area contributed by atoms with Gasteiger partial charge in [0.2, 0.25) is 0 Å². The average molecular weight is 289 g/mol. The third-order valence-corrected chi connectivity index (χ3v) is 3.03. The summed E-state index contributed by atoms with van der Waals surface area (Å²) in [7, 11) is 1.30. The molecule has 0 bridgehead atoms. The van der Waals surface area contributed by atoms with Crippen molar-refractivity contribution in [1.29, 1.82) is 5.26 Å². The van der Waals surface area contributed by atoms with Gasteiger partial charge in [-0.05, 0) is 33.6 Å². The van der Waals surface area contributed by atoms with Crippen LogP contribution >= 0.6 is 27.5 Å². The number of carbonyl (C=O) groups excluding carboxylic acids is 1. The molecule has 0 aromatic heterocycles. The van der Waals surface area contributed by atoms with Gasteiger partial charge in [-0.25, -0.2) is 0 Å². The van der Waals surface area contributed by atoms with Crippen LogP contribution in [0.3, 0.4) is 0 Å². The molecule has 1 aromatic rings. The zero-order valence-corrected chi connectivity index (χ0v) is 10.2. The van der Waals surface area contributed by atoms with Crippen molar-refractivity contribution in [3.8, 4) is 6.07 Å². The van der Waals surface area contributed by atoms with E-state index in [0.29, 0.717) is 20.6 Å². The van der Waals surface area contributed by atoms with Crippen LogP contribution in [0, 0.1) is 11.3 Å². The smallest absolute Gasteiger partial charge is 0.310 e. The number of methoxy groups -OCH3 is 1. The van der Waals surface area contributed by atoms with Crippen LogP contribution in [-0.4, -0.2) is 13.1 Å². The Labute approximate surface area is 101 Å². The molecular formula is C10H7BrClNO2. The fraction of sp³-hybridized carbons (Fsp3) is 0.200. The zero-order valence-electron chi connectivity index (χ0n) is 7.88. The summed E-state index contributed by atoms with van der Waals surface area (Å²) >= 11 is 9.07. The second-order valence-corrected chi connectivity index (χ2v) is 4.05. The van der Waals surface area contributed by atoms with Crippen LogP contribution in [0.15, 0.2) is 16.6 Å². The molecule has 0 radical (unpaired) electrons. The number of carbonyl (C=O) groups is 1. The lowest BCUT2D eigenvalue weighted by Gasteiger charge is -2.04. The van der Waals surface area contributed by atoms with Crippen LogP contribution in [-0.2, 0) is 16.0 Å². The van der Waals surface area contributed by atoms with Gasteiger partial charge in [0.1, 0.15) is 0 Å². The molecule has 3 nitrogen and oxygen atoms in total. The number of ether oxygens (including phenoxy) is 1. The van der Waals surface area contributed by atoms with Crippen molar-refractivity contribution in [2.24, 2.45) is 0 Å². The normalized spacial score (nSPS) is 9.47. The number of nitrogens with zero attached hydrogens (tertiary/aromatic N) is 1. The average Bonchev–Trinajstić information content (AvgIpc) is 2.22. The van der Waals surface area contributed by atoms with Gasteiger partial charge in [0.05, 0.1) is 30.2 Å². The maximum Gasteiger partial charge on any atom is 0.310 e. The van der Waals surface area contributed by atoms with Gasteiger partial charge in [-0.3, -0.25) is 4.79 Å². The van der Waals surface area contributed by atoms with E-state index in [1.165, 1.54) is 7.11 Å². The van der Waals surface area contributed by atoms with E-state index in [1.54, 1.807) is 12.1 Å². The minimum Gasteiger partial charge on any atom is -0.469 e. The fourth-order valence-corrected chi connectivity index (χ4v) is 1.60. The van der Waals surface area contributed by atoms with Gasteiger partial charge in [-0.15, -0.1) is 0 Å². The van der Waals surface area contributed by atoms with Crippen molar-refractivity contribution >= 4 is 33.5 Å². The topological polar surface area (TPSA) is 50.1 Å². The van der Waals surface area contributed by atoms with Crippen molar-refractivity contribution in [3.05, 3.63) is 32.8 Å². The first-order chi connectivity index (χ1) is 7.08. The quantitative estimate of drug-likeness (QED) is 0.786. The standard InChI is InChI=1S/C10H7BrClNO2/c1-15-10(14)4-6-3-9(12)8(11)2-7(6)5-13/h2-3H,4H2,1H3. The maximum atomic E-state index is 11.1. The van der Waals surface area contributed by atoms with E-state index < -0.39 is 5.97 Å². The summed E-state index contributed by atoms with van der Waals surface area (Å²) in [5, 5.41) is 9.32. The molecule has 0 heterocycles. The molecule has 0 spiro atoms. The lowest BCUT2D eigenvalue weighted by molar-refractivity contribution is -0.139. The van der Waals surface area contributed by atoms with Crippen molar-refractivity contribution in [2.75, 3.05) is 7.11 Å². The second-order valence-electron chi connectivity index (χ2n) is 2.79. The molecule has 0 amide bonds. The highest BCUT2D eigenvalue weighted by Crippen LogP contribution is 2.26. The van der Waals surface area contributed by atoms with Gasteiger partial charge in [0, 0.05) is 4.47 Å². The van der Waals surface area contributed by atoms with Crippen LogP contribution in [0.1, 0.15) is 11.1 Å². The summed E-state index contributed by atoms with van der Waals surface area (Å²) in [4.78, 5) is 11.1. The molecule has 5 heteroatoms. The molecule has 0 unspecified atom stereocenters. The molecule has 15 heavy (non-hydrogen) atoms. The summed E-state index contributed by atoms with van der Waals surface area (Å²) in [5.74, 6) is -0.398. The van der Waals surface area contributed by atoms with Gasteiger partial charge in [0.25, 0.3) is 0 Å². The number of benzene rings is 1. The molecule has 78 valence electrons. The molecule has 1 rings (SSSR count). The first-order valence-electron chi connectivity index (χ1n) is 4.03. The number of rotatable bonds is 2. The lowest BCUT2D eigenvalue weighted by Crippen LogP contribution is -2.06. The summed E-state index contributed by atoms with van der Waals surface area (Å²) in [6.07, 6.45) is 0.0480. The molecule has 0 saturated heterocycles. The van der Waals surface area contributed by atoms with E-state index in [4.69, 9.17) is 16.9 Å². The number of esters is 1. The van der Waals surface area contributed by atoms with Gasteiger partial charge in [-0.2, -0.15) is 5.26 Å². The first kappa shape index (κ1) is 12.0. The van der Waals surface area contributed by atoms with Gasteiger partial charge < -0.3 is 4.74 Å². The largest absolute Gasteiger partial charge is 0.469 e. The van der Waals surface area contributed by atoms with Gasteiger partial charge in [0.15, 0.2) is 0 Å². The van der Waals surface area contributed by atoms with Crippen LogP contribution in [0.4, 0.5) is 0 Å². The minimum absolute atomic E-state index is 0.0480. The van der Waals surface area contributed by atoms with Crippen LogP contribution < -0.4 is 0 Å². The van der Waals surface area contributed by atoms with E-state index >= 15 is 0 Å².